The van der Waals surface area contributed by atoms with Crippen LogP contribution in [0.4, 0.5) is 17.1 Å². The molecule has 40 heavy (non-hydrogen) atoms. The Labute approximate surface area is 235 Å². The molecule has 7 rings (SSSR count). The van der Waals surface area contributed by atoms with Gasteiger partial charge in [-0.15, -0.1) is 0 Å². The highest BCUT2D eigenvalue weighted by Gasteiger charge is 2.15. The lowest BCUT2D eigenvalue weighted by molar-refractivity contribution is 1.01. The van der Waals surface area contributed by atoms with Crippen LogP contribution in [0, 0.1) is 0 Å². The Bertz CT molecular complexity index is 1860. The van der Waals surface area contributed by atoms with E-state index in [1.165, 1.54) is 44.1 Å². The minimum atomic E-state index is 0.953. The SMILES string of the molecule is Cn1c2cc(-c3ccc(Cc4ccccc4)cc3)ccc2c2ccc(N(c3ccccc3)c3ccccc3)cc21. The number of hydrogen-bond acceptors (Lipinski definition) is 1. The van der Waals surface area contributed by atoms with E-state index in [0.29, 0.717) is 0 Å². The molecule has 0 radical (unpaired) electrons. The lowest BCUT2D eigenvalue weighted by atomic mass is 9.99. The van der Waals surface area contributed by atoms with Gasteiger partial charge in [-0.05, 0) is 71.1 Å². The van der Waals surface area contributed by atoms with Gasteiger partial charge in [0.15, 0.2) is 0 Å². The van der Waals surface area contributed by atoms with Gasteiger partial charge in [-0.1, -0.05) is 109 Å². The van der Waals surface area contributed by atoms with Crippen molar-refractivity contribution in [3.05, 3.63) is 163 Å². The van der Waals surface area contributed by atoms with Gasteiger partial charge in [0.25, 0.3) is 0 Å². The summed E-state index contributed by atoms with van der Waals surface area (Å²) in [5, 5.41) is 2.55. The Kier molecular flexibility index (Phi) is 6.14. The molecule has 2 heteroatoms. The first-order valence-corrected chi connectivity index (χ1v) is 13.8. The number of aryl methyl sites for hydroxylation is 1. The van der Waals surface area contributed by atoms with E-state index in [9.17, 15) is 0 Å². The molecule has 0 aliphatic carbocycles. The van der Waals surface area contributed by atoms with Crippen molar-refractivity contribution in [3.8, 4) is 11.1 Å². The van der Waals surface area contributed by atoms with Crippen LogP contribution in [0.1, 0.15) is 11.1 Å². The molecule has 192 valence electrons. The highest BCUT2D eigenvalue weighted by atomic mass is 15.1. The van der Waals surface area contributed by atoms with Crippen LogP contribution in [0.5, 0.6) is 0 Å². The molecule has 0 aliphatic heterocycles. The second kappa shape index (κ2) is 10.2. The van der Waals surface area contributed by atoms with Crippen molar-refractivity contribution >= 4 is 38.9 Å². The van der Waals surface area contributed by atoms with Gasteiger partial charge in [-0.2, -0.15) is 0 Å². The Morgan fingerprint density at radius 2 is 0.950 bits per heavy atom. The molecule has 1 aromatic heterocycles. The first-order chi connectivity index (χ1) is 19.7. The molecule has 0 amide bonds. The molecule has 0 aliphatic rings. The maximum Gasteiger partial charge on any atom is 0.0509 e. The summed E-state index contributed by atoms with van der Waals surface area (Å²) in [6.45, 7) is 0. The van der Waals surface area contributed by atoms with E-state index in [0.717, 1.165) is 23.5 Å². The maximum absolute atomic E-state index is 2.33. The molecular weight excluding hydrogens is 484 g/mol. The minimum absolute atomic E-state index is 0.953. The fourth-order valence-corrected chi connectivity index (χ4v) is 5.76. The average Bonchev–Trinajstić information content (AvgIpc) is 3.30. The number of hydrogen-bond donors (Lipinski definition) is 0. The summed E-state index contributed by atoms with van der Waals surface area (Å²) in [7, 11) is 2.18. The van der Waals surface area contributed by atoms with Crippen LogP contribution in [-0.2, 0) is 13.5 Å². The van der Waals surface area contributed by atoms with Crippen LogP contribution in [0.3, 0.4) is 0 Å². The molecule has 0 fully saturated rings. The fraction of sp³-hybridized carbons (Fsp3) is 0.0526. The van der Waals surface area contributed by atoms with Gasteiger partial charge in [0, 0.05) is 40.4 Å². The number of aromatic nitrogens is 1. The number of para-hydroxylation sites is 2. The summed E-state index contributed by atoms with van der Waals surface area (Å²) in [5.41, 5.74) is 11.0. The zero-order chi connectivity index (χ0) is 26.9. The summed E-state index contributed by atoms with van der Waals surface area (Å²) in [6, 6.07) is 54.5. The monoisotopic (exact) mass is 514 g/mol. The van der Waals surface area contributed by atoms with Crippen molar-refractivity contribution in [1.82, 2.24) is 4.57 Å². The lowest BCUT2D eigenvalue weighted by Gasteiger charge is -2.25. The zero-order valence-electron chi connectivity index (χ0n) is 22.5. The normalized spacial score (nSPS) is 11.2. The van der Waals surface area contributed by atoms with Crippen LogP contribution < -0.4 is 4.90 Å². The van der Waals surface area contributed by atoms with E-state index < -0.39 is 0 Å². The Balaban J connectivity index is 1.27. The largest absolute Gasteiger partial charge is 0.344 e. The molecule has 0 atom stereocenters. The van der Waals surface area contributed by atoms with Gasteiger partial charge >= 0.3 is 0 Å². The number of nitrogens with zero attached hydrogens (tertiary/aromatic N) is 2. The quantitative estimate of drug-likeness (QED) is 0.214. The third-order valence-electron chi connectivity index (χ3n) is 7.82. The average molecular weight is 515 g/mol. The minimum Gasteiger partial charge on any atom is -0.344 e. The smallest absolute Gasteiger partial charge is 0.0509 e. The number of benzene rings is 6. The predicted octanol–water partition coefficient (Wildman–Crippen LogP) is 10.1. The number of rotatable bonds is 6. The van der Waals surface area contributed by atoms with Gasteiger partial charge < -0.3 is 9.47 Å². The summed E-state index contributed by atoms with van der Waals surface area (Å²) in [6.07, 6.45) is 0.953. The summed E-state index contributed by atoms with van der Waals surface area (Å²) in [5.74, 6) is 0. The van der Waals surface area contributed by atoms with E-state index in [4.69, 9.17) is 0 Å². The second-order valence-electron chi connectivity index (χ2n) is 10.4. The summed E-state index contributed by atoms with van der Waals surface area (Å²) >= 11 is 0. The highest BCUT2D eigenvalue weighted by molar-refractivity contribution is 6.10. The van der Waals surface area contributed by atoms with Crippen molar-refractivity contribution in [2.24, 2.45) is 7.05 Å². The van der Waals surface area contributed by atoms with Crippen molar-refractivity contribution < 1.29 is 0 Å². The van der Waals surface area contributed by atoms with Gasteiger partial charge in [-0.25, -0.2) is 0 Å². The Hall–Kier alpha value is -5.08. The van der Waals surface area contributed by atoms with Gasteiger partial charge in [0.1, 0.15) is 0 Å². The maximum atomic E-state index is 2.33. The fourth-order valence-electron chi connectivity index (χ4n) is 5.76. The first-order valence-electron chi connectivity index (χ1n) is 13.8. The molecule has 0 unspecified atom stereocenters. The number of anilines is 3. The van der Waals surface area contributed by atoms with Gasteiger partial charge in [-0.3, -0.25) is 0 Å². The van der Waals surface area contributed by atoms with Crippen LogP contribution >= 0.6 is 0 Å². The van der Waals surface area contributed by atoms with Crippen molar-refractivity contribution in [1.29, 1.82) is 0 Å². The summed E-state index contributed by atoms with van der Waals surface area (Å²) < 4.78 is 2.33. The molecule has 7 aromatic rings. The standard InChI is InChI=1S/C38H30N2/c1-39-37-26-31(30-19-17-29(18-20-30)25-28-11-5-2-6-12-28)21-23-35(37)36-24-22-34(27-38(36)39)40(32-13-7-3-8-14-32)33-15-9-4-10-16-33/h2-24,26-27H,25H2,1H3. The third kappa shape index (κ3) is 4.44. The highest BCUT2D eigenvalue weighted by Crippen LogP contribution is 2.38. The van der Waals surface area contributed by atoms with Gasteiger partial charge in [0.05, 0.1) is 5.52 Å². The molecule has 0 saturated heterocycles. The topological polar surface area (TPSA) is 8.17 Å². The number of fused-ring (bicyclic) bond motifs is 3. The Morgan fingerprint density at radius 1 is 0.450 bits per heavy atom. The molecule has 0 bridgehead atoms. The van der Waals surface area contributed by atoms with Crippen molar-refractivity contribution in [3.63, 3.8) is 0 Å². The zero-order valence-corrected chi connectivity index (χ0v) is 22.5. The van der Waals surface area contributed by atoms with E-state index in [1.54, 1.807) is 0 Å². The van der Waals surface area contributed by atoms with Crippen LogP contribution in [0.25, 0.3) is 32.9 Å². The predicted molar refractivity (Wildman–Crippen MR) is 170 cm³/mol. The van der Waals surface area contributed by atoms with Crippen molar-refractivity contribution in [2.75, 3.05) is 4.90 Å². The molecule has 2 nitrogen and oxygen atoms in total. The molecule has 0 N–H and O–H groups in total. The lowest BCUT2D eigenvalue weighted by Crippen LogP contribution is -2.09. The Morgan fingerprint density at radius 3 is 1.57 bits per heavy atom. The third-order valence-corrected chi connectivity index (χ3v) is 7.82. The summed E-state index contributed by atoms with van der Waals surface area (Å²) in [4.78, 5) is 2.32. The first kappa shape index (κ1) is 24.0. The molecular formula is C38H30N2. The molecule has 6 aromatic carbocycles. The van der Waals surface area contributed by atoms with E-state index in [2.05, 4.69) is 168 Å². The van der Waals surface area contributed by atoms with E-state index >= 15 is 0 Å². The van der Waals surface area contributed by atoms with E-state index in [1.807, 2.05) is 0 Å². The molecule has 0 saturated carbocycles. The van der Waals surface area contributed by atoms with Gasteiger partial charge in [0.2, 0.25) is 0 Å². The molecule has 0 spiro atoms. The van der Waals surface area contributed by atoms with Crippen LogP contribution in [0.15, 0.2) is 152 Å². The van der Waals surface area contributed by atoms with Crippen molar-refractivity contribution in [2.45, 2.75) is 6.42 Å². The molecule has 1 heterocycles. The second-order valence-corrected chi connectivity index (χ2v) is 10.4. The van der Waals surface area contributed by atoms with Crippen LogP contribution in [0.2, 0.25) is 0 Å². The van der Waals surface area contributed by atoms with E-state index in [-0.39, 0.29) is 0 Å². The van der Waals surface area contributed by atoms with Crippen LogP contribution in [-0.4, -0.2) is 4.57 Å².